The molecule has 0 bridgehead atoms. The molecule has 1 fully saturated rings. The van der Waals surface area contributed by atoms with Gasteiger partial charge in [-0.25, -0.2) is 4.39 Å². The van der Waals surface area contributed by atoms with Crippen LogP contribution in [0.3, 0.4) is 0 Å². The molecule has 1 atom stereocenters. The third-order valence-corrected chi connectivity index (χ3v) is 4.44. The van der Waals surface area contributed by atoms with Crippen LogP contribution in [0.1, 0.15) is 24.0 Å². The maximum absolute atomic E-state index is 13.5. The zero-order chi connectivity index (χ0) is 17.5. The van der Waals surface area contributed by atoms with Crippen molar-refractivity contribution in [3.63, 3.8) is 0 Å². The molecule has 1 amide bonds. The van der Waals surface area contributed by atoms with Crippen molar-refractivity contribution in [2.24, 2.45) is 5.92 Å². The highest BCUT2D eigenvalue weighted by Gasteiger charge is 2.28. The number of carbonyl (C=O) groups excluding carboxylic acids is 1. The highest BCUT2D eigenvalue weighted by Crippen LogP contribution is 2.22. The van der Waals surface area contributed by atoms with Crippen LogP contribution in [0, 0.1) is 23.1 Å². The summed E-state index contributed by atoms with van der Waals surface area (Å²) in [5, 5.41) is 9.17. The van der Waals surface area contributed by atoms with E-state index in [1.165, 1.54) is 18.2 Å². The van der Waals surface area contributed by atoms with E-state index in [-0.39, 0.29) is 17.6 Å². The molecule has 1 unspecified atom stereocenters. The standard InChI is InChI=1S/C18H24FN3O2/c1-21(8-9-24-2)18(23)15-4-3-7-22(12-15)13-16-10-17(19)6-5-14(16)11-20/h5-6,10,15H,3-4,7-9,12-13H2,1-2H3. The van der Waals surface area contributed by atoms with E-state index in [9.17, 15) is 14.4 Å². The Bertz CT molecular complexity index is 615. The number of likely N-dealkylation sites (N-methyl/N-ethyl adjacent to an activating group) is 1. The molecule has 24 heavy (non-hydrogen) atoms. The predicted octanol–water partition coefficient (Wildman–Crippen LogP) is 2.01. The fourth-order valence-corrected chi connectivity index (χ4v) is 3.09. The molecular formula is C18H24FN3O2. The Morgan fingerprint density at radius 3 is 3.04 bits per heavy atom. The van der Waals surface area contributed by atoms with Crippen molar-refractivity contribution < 1.29 is 13.9 Å². The molecule has 5 nitrogen and oxygen atoms in total. The van der Waals surface area contributed by atoms with Crippen LogP contribution < -0.4 is 0 Å². The molecule has 1 aromatic rings. The Kier molecular flexibility index (Phi) is 6.71. The zero-order valence-electron chi connectivity index (χ0n) is 14.3. The molecule has 0 aromatic heterocycles. The maximum Gasteiger partial charge on any atom is 0.226 e. The average Bonchev–Trinajstić information content (AvgIpc) is 2.59. The lowest BCUT2D eigenvalue weighted by molar-refractivity contribution is -0.136. The average molecular weight is 333 g/mol. The molecule has 1 heterocycles. The molecule has 2 rings (SSSR count). The number of halogens is 1. The Morgan fingerprint density at radius 2 is 2.33 bits per heavy atom. The second kappa shape index (κ2) is 8.76. The molecule has 1 saturated heterocycles. The quantitative estimate of drug-likeness (QED) is 0.799. The Morgan fingerprint density at radius 1 is 1.54 bits per heavy atom. The van der Waals surface area contributed by atoms with Crippen molar-refractivity contribution in [1.82, 2.24) is 9.80 Å². The second-order valence-corrected chi connectivity index (χ2v) is 6.24. The first kappa shape index (κ1) is 18.4. The number of methoxy groups -OCH3 is 1. The molecule has 1 aliphatic heterocycles. The summed E-state index contributed by atoms with van der Waals surface area (Å²) in [6, 6.07) is 6.33. The summed E-state index contributed by atoms with van der Waals surface area (Å²) >= 11 is 0. The molecule has 0 radical (unpaired) electrons. The van der Waals surface area contributed by atoms with Crippen LogP contribution in [0.15, 0.2) is 18.2 Å². The molecule has 0 spiro atoms. The fraction of sp³-hybridized carbons (Fsp3) is 0.556. The van der Waals surface area contributed by atoms with Crippen LogP contribution in [-0.4, -0.2) is 56.1 Å². The van der Waals surface area contributed by atoms with E-state index in [0.29, 0.717) is 37.4 Å². The number of hydrogen-bond donors (Lipinski definition) is 0. The number of nitriles is 1. The summed E-state index contributed by atoms with van der Waals surface area (Å²) < 4.78 is 18.5. The third-order valence-electron chi connectivity index (χ3n) is 4.44. The van der Waals surface area contributed by atoms with Gasteiger partial charge in [0.1, 0.15) is 5.82 Å². The number of amides is 1. The summed E-state index contributed by atoms with van der Waals surface area (Å²) in [5.74, 6) is -0.274. The first-order chi connectivity index (χ1) is 11.5. The molecule has 0 aliphatic carbocycles. The number of ether oxygens (including phenoxy) is 1. The van der Waals surface area contributed by atoms with E-state index in [1.54, 1.807) is 19.1 Å². The number of nitrogens with zero attached hydrogens (tertiary/aromatic N) is 3. The Hall–Kier alpha value is -1.97. The van der Waals surface area contributed by atoms with Gasteiger partial charge in [0, 0.05) is 33.8 Å². The number of carbonyl (C=O) groups is 1. The minimum absolute atomic E-state index is 0.0558. The van der Waals surface area contributed by atoms with Crippen LogP contribution in [0.5, 0.6) is 0 Å². The first-order valence-corrected chi connectivity index (χ1v) is 8.20. The maximum atomic E-state index is 13.5. The summed E-state index contributed by atoms with van der Waals surface area (Å²) in [7, 11) is 3.41. The van der Waals surface area contributed by atoms with Gasteiger partial charge in [0.15, 0.2) is 0 Å². The van der Waals surface area contributed by atoms with Crippen molar-refractivity contribution in [1.29, 1.82) is 5.26 Å². The molecule has 0 saturated carbocycles. The SMILES string of the molecule is COCCN(C)C(=O)C1CCCN(Cc2cc(F)ccc2C#N)C1. The Balaban J connectivity index is 2.00. The number of hydrogen-bond acceptors (Lipinski definition) is 4. The first-order valence-electron chi connectivity index (χ1n) is 8.20. The third kappa shape index (κ3) is 4.76. The fourth-order valence-electron chi connectivity index (χ4n) is 3.09. The van der Waals surface area contributed by atoms with E-state index in [0.717, 1.165) is 19.4 Å². The minimum Gasteiger partial charge on any atom is -0.383 e. The lowest BCUT2D eigenvalue weighted by atomic mass is 9.95. The summed E-state index contributed by atoms with van der Waals surface area (Å²) in [4.78, 5) is 16.4. The van der Waals surface area contributed by atoms with Crippen LogP contribution in [0.4, 0.5) is 4.39 Å². The lowest BCUT2D eigenvalue weighted by Gasteiger charge is -2.34. The zero-order valence-corrected chi connectivity index (χ0v) is 14.3. The van der Waals surface area contributed by atoms with Gasteiger partial charge in [0.05, 0.1) is 24.2 Å². The van der Waals surface area contributed by atoms with E-state index < -0.39 is 0 Å². The van der Waals surface area contributed by atoms with E-state index in [4.69, 9.17) is 4.74 Å². The number of benzene rings is 1. The van der Waals surface area contributed by atoms with Crippen molar-refractivity contribution >= 4 is 5.91 Å². The van der Waals surface area contributed by atoms with Crippen LogP contribution in [0.2, 0.25) is 0 Å². The molecule has 1 aliphatic rings. The van der Waals surface area contributed by atoms with Gasteiger partial charge in [-0.3, -0.25) is 9.69 Å². The molecular weight excluding hydrogens is 309 g/mol. The van der Waals surface area contributed by atoms with E-state index >= 15 is 0 Å². The van der Waals surface area contributed by atoms with Gasteiger partial charge < -0.3 is 9.64 Å². The highest BCUT2D eigenvalue weighted by atomic mass is 19.1. The smallest absolute Gasteiger partial charge is 0.226 e. The number of piperidine rings is 1. The van der Waals surface area contributed by atoms with Crippen molar-refractivity contribution in [2.75, 3.05) is 40.4 Å². The van der Waals surface area contributed by atoms with Gasteiger partial charge in [0.25, 0.3) is 0 Å². The highest BCUT2D eigenvalue weighted by molar-refractivity contribution is 5.78. The van der Waals surface area contributed by atoms with Crippen molar-refractivity contribution in [3.8, 4) is 6.07 Å². The monoisotopic (exact) mass is 333 g/mol. The minimum atomic E-state index is -0.340. The predicted molar refractivity (Wildman–Crippen MR) is 88.6 cm³/mol. The van der Waals surface area contributed by atoms with Gasteiger partial charge >= 0.3 is 0 Å². The molecule has 0 N–H and O–H groups in total. The van der Waals surface area contributed by atoms with Crippen molar-refractivity contribution in [2.45, 2.75) is 19.4 Å². The largest absolute Gasteiger partial charge is 0.383 e. The van der Waals surface area contributed by atoms with Crippen LogP contribution in [0.25, 0.3) is 0 Å². The second-order valence-electron chi connectivity index (χ2n) is 6.24. The Labute approximate surface area is 142 Å². The van der Waals surface area contributed by atoms with Gasteiger partial charge in [-0.1, -0.05) is 0 Å². The number of rotatable bonds is 6. The van der Waals surface area contributed by atoms with Crippen LogP contribution >= 0.6 is 0 Å². The summed E-state index contributed by atoms with van der Waals surface area (Å²) in [6.45, 7) is 3.08. The van der Waals surface area contributed by atoms with Gasteiger partial charge in [0.2, 0.25) is 5.91 Å². The molecule has 130 valence electrons. The van der Waals surface area contributed by atoms with Gasteiger partial charge in [-0.2, -0.15) is 5.26 Å². The van der Waals surface area contributed by atoms with E-state index in [2.05, 4.69) is 11.0 Å². The molecule has 6 heteroatoms. The van der Waals surface area contributed by atoms with Crippen molar-refractivity contribution in [3.05, 3.63) is 35.1 Å². The topological polar surface area (TPSA) is 56.6 Å². The molecule has 1 aromatic carbocycles. The van der Waals surface area contributed by atoms with E-state index in [1.807, 2.05) is 0 Å². The lowest BCUT2D eigenvalue weighted by Crippen LogP contribution is -2.44. The van der Waals surface area contributed by atoms with Crippen LogP contribution in [-0.2, 0) is 16.1 Å². The summed E-state index contributed by atoms with van der Waals surface area (Å²) in [6.07, 6.45) is 1.78. The van der Waals surface area contributed by atoms with Gasteiger partial charge in [-0.05, 0) is 43.1 Å². The number of likely N-dealkylation sites (tertiary alicyclic amines) is 1. The van der Waals surface area contributed by atoms with Gasteiger partial charge in [-0.15, -0.1) is 0 Å². The summed E-state index contributed by atoms with van der Waals surface area (Å²) in [5.41, 5.74) is 1.17. The normalized spacial score (nSPS) is 18.2.